The summed E-state index contributed by atoms with van der Waals surface area (Å²) in [6, 6.07) is 28.2. The van der Waals surface area contributed by atoms with Gasteiger partial charge in [-0.25, -0.2) is 9.78 Å². The lowest BCUT2D eigenvalue weighted by Gasteiger charge is -2.19. The van der Waals surface area contributed by atoms with Crippen molar-refractivity contribution >= 4 is 17.7 Å². The van der Waals surface area contributed by atoms with E-state index in [9.17, 15) is 9.59 Å². The molecule has 37 heavy (non-hydrogen) atoms. The number of nitrogens with zero attached hydrogens (tertiary/aromatic N) is 1. The van der Waals surface area contributed by atoms with Gasteiger partial charge < -0.3 is 20.1 Å². The van der Waals surface area contributed by atoms with Crippen molar-refractivity contribution in [2.45, 2.75) is 32.9 Å². The minimum absolute atomic E-state index is 0.217. The SMILES string of the molecule is CC(C)(C)OC(=O)NCc1ccc(Oc2ccc(NC(=O)c3ccc(-c4ccccc4)cc3)cn2)cc1. The highest BCUT2D eigenvalue weighted by atomic mass is 16.6. The van der Waals surface area contributed by atoms with Gasteiger partial charge in [0.2, 0.25) is 5.88 Å². The van der Waals surface area contributed by atoms with Crippen molar-refractivity contribution in [3.8, 4) is 22.8 Å². The highest BCUT2D eigenvalue weighted by Crippen LogP contribution is 2.22. The van der Waals surface area contributed by atoms with E-state index in [1.54, 1.807) is 42.6 Å². The predicted molar refractivity (Wildman–Crippen MR) is 144 cm³/mol. The molecular formula is C30H29N3O4. The summed E-state index contributed by atoms with van der Waals surface area (Å²) in [6.45, 7) is 5.80. The van der Waals surface area contributed by atoms with Crippen LogP contribution in [0.2, 0.25) is 0 Å². The van der Waals surface area contributed by atoms with Crippen LogP contribution < -0.4 is 15.4 Å². The summed E-state index contributed by atoms with van der Waals surface area (Å²) < 4.78 is 11.0. The van der Waals surface area contributed by atoms with E-state index < -0.39 is 11.7 Å². The van der Waals surface area contributed by atoms with E-state index in [4.69, 9.17) is 9.47 Å². The van der Waals surface area contributed by atoms with E-state index in [2.05, 4.69) is 15.6 Å². The molecule has 0 unspecified atom stereocenters. The third kappa shape index (κ3) is 7.67. The highest BCUT2D eigenvalue weighted by Gasteiger charge is 2.15. The van der Waals surface area contributed by atoms with Gasteiger partial charge in [-0.1, -0.05) is 54.6 Å². The number of alkyl carbamates (subject to hydrolysis) is 1. The topological polar surface area (TPSA) is 89.5 Å². The monoisotopic (exact) mass is 495 g/mol. The number of rotatable bonds is 7. The van der Waals surface area contributed by atoms with Gasteiger partial charge in [0.25, 0.3) is 5.91 Å². The molecule has 0 spiro atoms. The summed E-state index contributed by atoms with van der Waals surface area (Å²) in [4.78, 5) is 28.7. The van der Waals surface area contributed by atoms with Gasteiger partial charge in [0, 0.05) is 18.2 Å². The molecule has 188 valence electrons. The normalized spacial score (nSPS) is 10.9. The van der Waals surface area contributed by atoms with Crippen LogP contribution in [0.15, 0.2) is 97.2 Å². The van der Waals surface area contributed by atoms with E-state index in [1.165, 1.54) is 0 Å². The standard InChI is InChI=1S/C30H29N3O4/c1-30(2,3)37-29(35)32-19-21-9-16-26(17-10-21)36-27-18-15-25(20-31-27)33-28(34)24-13-11-23(12-14-24)22-7-5-4-6-8-22/h4-18,20H,19H2,1-3H3,(H,32,35)(H,33,34). The van der Waals surface area contributed by atoms with E-state index in [-0.39, 0.29) is 5.91 Å². The largest absolute Gasteiger partial charge is 0.444 e. The van der Waals surface area contributed by atoms with E-state index in [1.807, 2.05) is 75.4 Å². The third-order valence-corrected chi connectivity index (χ3v) is 5.23. The number of pyridine rings is 1. The molecule has 2 amide bonds. The van der Waals surface area contributed by atoms with E-state index >= 15 is 0 Å². The Morgan fingerprint density at radius 2 is 1.49 bits per heavy atom. The van der Waals surface area contributed by atoms with Gasteiger partial charge in [0.1, 0.15) is 11.4 Å². The summed E-state index contributed by atoms with van der Waals surface area (Å²) in [5, 5.41) is 5.57. The molecule has 1 aromatic heterocycles. The molecule has 4 rings (SSSR count). The van der Waals surface area contributed by atoms with Crippen molar-refractivity contribution in [3.63, 3.8) is 0 Å². The zero-order valence-electron chi connectivity index (χ0n) is 21.0. The Hall–Kier alpha value is -4.65. The second-order valence-corrected chi connectivity index (χ2v) is 9.38. The highest BCUT2D eigenvalue weighted by molar-refractivity contribution is 6.04. The molecule has 0 aliphatic heterocycles. The molecule has 0 saturated carbocycles. The second kappa shape index (κ2) is 11.4. The van der Waals surface area contributed by atoms with Crippen LogP contribution in [0.1, 0.15) is 36.7 Å². The molecule has 7 heteroatoms. The Morgan fingerprint density at radius 1 is 0.811 bits per heavy atom. The molecule has 0 aliphatic rings. The molecule has 7 nitrogen and oxygen atoms in total. The average molecular weight is 496 g/mol. The Balaban J connectivity index is 1.28. The maximum absolute atomic E-state index is 12.6. The van der Waals surface area contributed by atoms with Crippen molar-refractivity contribution in [1.29, 1.82) is 0 Å². The molecule has 4 aromatic rings. The minimum atomic E-state index is -0.540. The number of carbonyl (C=O) groups excluding carboxylic acids is 2. The van der Waals surface area contributed by atoms with Crippen LogP contribution in [0.4, 0.5) is 10.5 Å². The van der Waals surface area contributed by atoms with Gasteiger partial charge in [-0.2, -0.15) is 0 Å². The lowest BCUT2D eigenvalue weighted by molar-refractivity contribution is 0.0523. The van der Waals surface area contributed by atoms with Gasteiger partial charge in [0.05, 0.1) is 11.9 Å². The smallest absolute Gasteiger partial charge is 0.407 e. The Labute approximate surface area is 216 Å². The maximum Gasteiger partial charge on any atom is 0.407 e. The summed E-state index contributed by atoms with van der Waals surface area (Å²) >= 11 is 0. The molecule has 0 saturated heterocycles. The van der Waals surface area contributed by atoms with Crippen molar-refractivity contribution in [1.82, 2.24) is 10.3 Å². The Morgan fingerprint density at radius 3 is 2.11 bits per heavy atom. The first-order valence-electron chi connectivity index (χ1n) is 11.9. The first-order valence-corrected chi connectivity index (χ1v) is 11.9. The first kappa shape index (κ1) is 25.4. The van der Waals surface area contributed by atoms with Gasteiger partial charge in [-0.05, 0) is 67.8 Å². The van der Waals surface area contributed by atoms with Crippen molar-refractivity contribution < 1.29 is 19.1 Å². The van der Waals surface area contributed by atoms with Gasteiger partial charge >= 0.3 is 6.09 Å². The summed E-state index contributed by atoms with van der Waals surface area (Å²) in [6.07, 6.45) is 1.08. The number of ether oxygens (including phenoxy) is 2. The van der Waals surface area contributed by atoms with Crippen LogP contribution in [-0.4, -0.2) is 22.6 Å². The quantitative estimate of drug-likeness (QED) is 0.294. The summed E-state index contributed by atoms with van der Waals surface area (Å²) in [7, 11) is 0. The predicted octanol–water partition coefficient (Wildman–Crippen LogP) is 6.82. The number of aromatic nitrogens is 1. The third-order valence-electron chi connectivity index (χ3n) is 5.23. The van der Waals surface area contributed by atoms with E-state index in [0.29, 0.717) is 29.4 Å². The number of carbonyl (C=O) groups is 2. The lowest BCUT2D eigenvalue weighted by atomic mass is 10.0. The molecule has 0 bridgehead atoms. The molecule has 3 aromatic carbocycles. The van der Waals surface area contributed by atoms with Crippen molar-refractivity contribution in [3.05, 3.63) is 108 Å². The van der Waals surface area contributed by atoms with Gasteiger partial charge in [-0.15, -0.1) is 0 Å². The number of hydrogen-bond acceptors (Lipinski definition) is 5. The number of benzene rings is 3. The van der Waals surface area contributed by atoms with Gasteiger partial charge in [0.15, 0.2) is 0 Å². The Bertz CT molecular complexity index is 1330. The second-order valence-electron chi connectivity index (χ2n) is 9.38. The lowest BCUT2D eigenvalue weighted by Crippen LogP contribution is -2.32. The van der Waals surface area contributed by atoms with Crippen LogP contribution in [-0.2, 0) is 11.3 Å². The molecule has 0 aliphatic carbocycles. The van der Waals surface area contributed by atoms with Crippen LogP contribution in [0.5, 0.6) is 11.6 Å². The molecule has 2 N–H and O–H groups in total. The zero-order valence-corrected chi connectivity index (χ0v) is 21.0. The summed E-state index contributed by atoms with van der Waals surface area (Å²) in [5.41, 5.74) is 3.63. The summed E-state index contributed by atoms with van der Waals surface area (Å²) in [5.74, 6) is 0.777. The van der Waals surface area contributed by atoms with Crippen LogP contribution in [0, 0.1) is 0 Å². The zero-order chi connectivity index (χ0) is 26.3. The van der Waals surface area contributed by atoms with Crippen LogP contribution >= 0.6 is 0 Å². The fourth-order valence-electron chi connectivity index (χ4n) is 3.45. The average Bonchev–Trinajstić information content (AvgIpc) is 2.89. The number of anilines is 1. The first-order chi connectivity index (χ1) is 17.7. The number of amides is 2. The van der Waals surface area contributed by atoms with Crippen molar-refractivity contribution in [2.24, 2.45) is 0 Å². The van der Waals surface area contributed by atoms with Crippen LogP contribution in [0.25, 0.3) is 11.1 Å². The van der Waals surface area contributed by atoms with Crippen molar-refractivity contribution in [2.75, 3.05) is 5.32 Å². The fraction of sp³-hybridized carbons (Fsp3) is 0.167. The number of nitrogens with one attached hydrogen (secondary N) is 2. The molecule has 0 fully saturated rings. The molecule has 0 atom stereocenters. The van der Waals surface area contributed by atoms with E-state index in [0.717, 1.165) is 16.7 Å². The molecular weight excluding hydrogens is 466 g/mol. The molecule has 1 heterocycles. The minimum Gasteiger partial charge on any atom is -0.444 e. The Kier molecular flexibility index (Phi) is 7.83. The van der Waals surface area contributed by atoms with Crippen LogP contribution in [0.3, 0.4) is 0 Å². The fourth-order valence-corrected chi connectivity index (χ4v) is 3.45. The van der Waals surface area contributed by atoms with Gasteiger partial charge in [-0.3, -0.25) is 4.79 Å². The maximum atomic E-state index is 12.6. The molecule has 0 radical (unpaired) electrons. The number of hydrogen-bond donors (Lipinski definition) is 2.